The van der Waals surface area contributed by atoms with E-state index in [0.29, 0.717) is 17.1 Å². The first kappa shape index (κ1) is 18.4. The van der Waals surface area contributed by atoms with Gasteiger partial charge in [0.2, 0.25) is 5.91 Å². The van der Waals surface area contributed by atoms with Crippen molar-refractivity contribution in [1.82, 2.24) is 9.97 Å². The molecule has 4 aliphatic carbocycles. The number of carbonyl (C=O) groups excluding carboxylic acids is 1. The van der Waals surface area contributed by atoms with Crippen molar-refractivity contribution in [3.63, 3.8) is 0 Å². The van der Waals surface area contributed by atoms with Crippen molar-refractivity contribution in [1.29, 1.82) is 0 Å². The second kappa shape index (κ2) is 6.84. The number of aromatic nitrogens is 2. The molecule has 1 heterocycles. The van der Waals surface area contributed by atoms with Crippen LogP contribution in [0.4, 0.5) is 5.69 Å². The van der Waals surface area contributed by atoms with E-state index in [-0.39, 0.29) is 11.3 Å². The van der Waals surface area contributed by atoms with Gasteiger partial charge in [0.25, 0.3) is 0 Å². The summed E-state index contributed by atoms with van der Waals surface area (Å²) in [5.74, 6) is 3.43. The minimum Gasteiger partial charge on any atom is -0.338 e. The number of amides is 1. The van der Waals surface area contributed by atoms with E-state index in [0.717, 1.165) is 40.2 Å². The number of rotatable bonds is 4. The molecular weight excluding hydrogens is 394 g/mol. The van der Waals surface area contributed by atoms with Gasteiger partial charge in [0.05, 0.1) is 21.7 Å². The highest BCUT2D eigenvalue weighted by molar-refractivity contribution is 6.33. The highest BCUT2D eigenvalue weighted by atomic mass is 35.5. The molecule has 154 valence electrons. The van der Waals surface area contributed by atoms with E-state index in [1.807, 2.05) is 42.5 Å². The van der Waals surface area contributed by atoms with Gasteiger partial charge in [0.15, 0.2) is 0 Å². The maximum Gasteiger partial charge on any atom is 0.224 e. The molecule has 1 aromatic heterocycles. The minimum atomic E-state index is 0.0978. The standard InChI is InChI=1S/C25H26ClN3O/c26-19-6-5-18(24-28-20-3-1-2-4-21(20)29-24)10-22(19)27-23(30)14-25-11-15-7-16(12-25)9-17(8-15)13-25/h1-6,10,15-17H,7-9,11-14H2,(H,27,30)(H,28,29). The Bertz CT molecular complexity index is 1070. The molecule has 0 spiro atoms. The van der Waals surface area contributed by atoms with Gasteiger partial charge < -0.3 is 10.3 Å². The van der Waals surface area contributed by atoms with Crippen molar-refractivity contribution in [2.45, 2.75) is 44.9 Å². The number of hydrogen-bond donors (Lipinski definition) is 2. The lowest BCUT2D eigenvalue weighted by molar-refractivity contribution is -0.124. The van der Waals surface area contributed by atoms with E-state index in [9.17, 15) is 4.79 Å². The zero-order valence-corrected chi connectivity index (χ0v) is 17.7. The Balaban J connectivity index is 1.22. The molecule has 0 atom stereocenters. The molecule has 0 aliphatic heterocycles. The highest BCUT2D eigenvalue weighted by Crippen LogP contribution is 2.61. The normalized spacial score (nSPS) is 29.4. The fraction of sp³-hybridized carbons (Fsp3) is 0.440. The minimum absolute atomic E-state index is 0.0978. The van der Waals surface area contributed by atoms with Gasteiger partial charge in [-0.25, -0.2) is 4.98 Å². The summed E-state index contributed by atoms with van der Waals surface area (Å²) < 4.78 is 0. The molecule has 4 aliphatic rings. The zero-order chi connectivity index (χ0) is 20.3. The predicted molar refractivity (Wildman–Crippen MR) is 120 cm³/mol. The third-order valence-corrected chi connectivity index (χ3v) is 7.93. The molecule has 4 nitrogen and oxygen atoms in total. The van der Waals surface area contributed by atoms with Crippen molar-refractivity contribution in [3.05, 3.63) is 47.5 Å². The Morgan fingerprint density at radius 3 is 2.47 bits per heavy atom. The maximum atomic E-state index is 13.0. The largest absolute Gasteiger partial charge is 0.338 e. The second-order valence-electron chi connectivity index (χ2n) is 9.94. The van der Waals surface area contributed by atoms with Gasteiger partial charge in [-0.2, -0.15) is 0 Å². The van der Waals surface area contributed by atoms with Gasteiger partial charge in [-0.3, -0.25) is 4.79 Å². The average Bonchev–Trinajstić information content (AvgIpc) is 3.12. The number of aromatic amines is 1. The fourth-order valence-electron chi connectivity index (χ4n) is 6.90. The number of nitrogens with one attached hydrogen (secondary N) is 2. The summed E-state index contributed by atoms with van der Waals surface area (Å²) in [6.45, 7) is 0. The van der Waals surface area contributed by atoms with Crippen molar-refractivity contribution in [3.8, 4) is 11.4 Å². The average molecular weight is 420 g/mol. The van der Waals surface area contributed by atoms with Gasteiger partial charge in [-0.15, -0.1) is 0 Å². The van der Waals surface area contributed by atoms with E-state index in [4.69, 9.17) is 11.6 Å². The lowest BCUT2D eigenvalue weighted by Gasteiger charge is -2.56. The molecule has 2 aromatic carbocycles. The molecule has 3 aromatic rings. The number of halogens is 1. The van der Waals surface area contributed by atoms with Crippen LogP contribution < -0.4 is 5.32 Å². The Morgan fingerprint density at radius 1 is 1.07 bits per heavy atom. The van der Waals surface area contributed by atoms with Crippen LogP contribution in [0, 0.1) is 23.2 Å². The third-order valence-electron chi connectivity index (χ3n) is 7.60. The van der Waals surface area contributed by atoms with Crippen molar-refractivity contribution in [2.24, 2.45) is 23.2 Å². The van der Waals surface area contributed by atoms with Crippen LogP contribution in [0.5, 0.6) is 0 Å². The first-order chi connectivity index (χ1) is 14.6. The number of fused-ring (bicyclic) bond motifs is 1. The Hall–Kier alpha value is -2.33. The van der Waals surface area contributed by atoms with E-state index in [1.165, 1.54) is 38.5 Å². The van der Waals surface area contributed by atoms with Crippen LogP contribution in [0.15, 0.2) is 42.5 Å². The van der Waals surface area contributed by atoms with Crippen LogP contribution in [0.1, 0.15) is 44.9 Å². The molecule has 0 saturated heterocycles. The summed E-state index contributed by atoms with van der Waals surface area (Å²) in [6, 6.07) is 13.7. The Kier molecular flexibility index (Phi) is 4.21. The summed E-state index contributed by atoms with van der Waals surface area (Å²) in [5.41, 5.74) is 3.73. The predicted octanol–water partition coefficient (Wildman–Crippen LogP) is 6.43. The molecule has 30 heavy (non-hydrogen) atoms. The molecule has 4 fully saturated rings. The number of anilines is 1. The number of imidazole rings is 1. The van der Waals surface area contributed by atoms with Crippen LogP contribution in [-0.4, -0.2) is 15.9 Å². The van der Waals surface area contributed by atoms with Crippen LogP contribution in [0.25, 0.3) is 22.4 Å². The number of para-hydroxylation sites is 2. The number of carbonyl (C=O) groups is 1. The lowest BCUT2D eigenvalue weighted by atomic mass is 9.49. The molecule has 0 radical (unpaired) electrons. The molecule has 4 saturated carbocycles. The van der Waals surface area contributed by atoms with E-state index < -0.39 is 0 Å². The maximum absolute atomic E-state index is 13.0. The van der Waals surface area contributed by atoms with Gasteiger partial charge in [-0.1, -0.05) is 23.7 Å². The molecule has 5 heteroatoms. The summed E-state index contributed by atoms with van der Waals surface area (Å²) in [5, 5.41) is 3.68. The zero-order valence-electron chi connectivity index (χ0n) is 17.0. The monoisotopic (exact) mass is 419 g/mol. The van der Waals surface area contributed by atoms with Crippen LogP contribution >= 0.6 is 11.6 Å². The molecule has 2 N–H and O–H groups in total. The number of benzene rings is 2. The van der Waals surface area contributed by atoms with Crippen LogP contribution in [0.2, 0.25) is 5.02 Å². The summed E-state index contributed by atoms with van der Waals surface area (Å²) in [4.78, 5) is 21.1. The Morgan fingerprint density at radius 2 is 1.77 bits per heavy atom. The van der Waals surface area contributed by atoms with Gasteiger partial charge in [0, 0.05) is 12.0 Å². The number of hydrogen-bond acceptors (Lipinski definition) is 2. The Labute approximate surface area is 181 Å². The third kappa shape index (κ3) is 3.22. The topological polar surface area (TPSA) is 57.8 Å². The summed E-state index contributed by atoms with van der Waals surface area (Å²) in [7, 11) is 0. The lowest BCUT2D eigenvalue weighted by Crippen LogP contribution is -2.47. The summed E-state index contributed by atoms with van der Waals surface area (Å²) >= 11 is 6.44. The van der Waals surface area contributed by atoms with Crippen LogP contribution in [0.3, 0.4) is 0 Å². The first-order valence-electron chi connectivity index (χ1n) is 11.1. The quantitative estimate of drug-likeness (QED) is 0.512. The van der Waals surface area contributed by atoms with Gasteiger partial charge in [0.1, 0.15) is 5.82 Å². The highest BCUT2D eigenvalue weighted by Gasteiger charge is 2.51. The van der Waals surface area contributed by atoms with Crippen molar-refractivity contribution in [2.75, 3.05) is 5.32 Å². The second-order valence-corrected chi connectivity index (χ2v) is 10.3. The molecule has 4 bridgehead atoms. The molecule has 0 unspecified atom stereocenters. The molecule has 1 amide bonds. The smallest absolute Gasteiger partial charge is 0.224 e. The SMILES string of the molecule is O=C(CC12CC3CC(CC(C3)C1)C2)Nc1cc(-c2nc3ccccc3[nH]2)ccc1Cl. The van der Waals surface area contributed by atoms with Gasteiger partial charge in [-0.05, 0) is 92.0 Å². The van der Waals surface area contributed by atoms with Crippen molar-refractivity contribution < 1.29 is 4.79 Å². The van der Waals surface area contributed by atoms with E-state index >= 15 is 0 Å². The van der Waals surface area contributed by atoms with Gasteiger partial charge >= 0.3 is 0 Å². The number of H-pyrrole nitrogens is 1. The number of nitrogens with zero attached hydrogens (tertiary/aromatic N) is 1. The first-order valence-corrected chi connectivity index (χ1v) is 11.5. The molecule has 7 rings (SSSR count). The van der Waals surface area contributed by atoms with Crippen LogP contribution in [-0.2, 0) is 4.79 Å². The molecular formula is C25H26ClN3O. The van der Waals surface area contributed by atoms with E-state index in [2.05, 4.69) is 15.3 Å². The van der Waals surface area contributed by atoms with E-state index in [1.54, 1.807) is 0 Å². The van der Waals surface area contributed by atoms with Crippen molar-refractivity contribution >= 4 is 34.2 Å². The summed E-state index contributed by atoms with van der Waals surface area (Å²) in [6.07, 6.45) is 8.52. The fourth-order valence-corrected chi connectivity index (χ4v) is 7.06.